The van der Waals surface area contributed by atoms with Crippen LogP contribution in [-0.4, -0.2) is 48.9 Å². The fourth-order valence-electron chi connectivity index (χ4n) is 4.66. The molecule has 0 radical (unpaired) electrons. The van der Waals surface area contributed by atoms with E-state index in [2.05, 4.69) is 19.2 Å². The molecular weight excluding hydrogens is 466 g/mol. The number of hydrogen-bond acceptors (Lipinski definition) is 5. The van der Waals surface area contributed by atoms with Crippen LogP contribution in [0.2, 0.25) is 5.02 Å². The Kier molecular flexibility index (Phi) is 7.92. The van der Waals surface area contributed by atoms with Crippen LogP contribution in [-0.2, 0) is 15.1 Å². The van der Waals surface area contributed by atoms with Crippen molar-refractivity contribution in [2.45, 2.75) is 45.7 Å². The summed E-state index contributed by atoms with van der Waals surface area (Å²) in [5.74, 6) is -1.24. The van der Waals surface area contributed by atoms with E-state index >= 15 is 0 Å². The molecule has 1 aliphatic heterocycles. The van der Waals surface area contributed by atoms with Gasteiger partial charge in [-0.15, -0.1) is 0 Å². The number of benzene rings is 2. The highest BCUT2D eigenvalue weighted by molar-refractivity contribution is 6.30. The van der Waals surface area contributed by atoms with Gasteiger partial charge < -0.3 is 20.7 Å². The summed E-state index contributed by atoms with van der Waals surface area (Å²) < 4.78 is 4.73. The second kappa shape index (κ2) is 10.4. The molecule has 8 heteroatoms. The first-order valence-electron chi connectivity index (χ1n) is 11.7. The molecule has 3 rings (SSSR count). The predicted octanol–water partition coefficient (Wildman–Crippen LogP) is 3.99. The quantitative estimate of drug-likeness (QED) is 0.585. The molecule has 0 spiro atoms. The lowest BCUT2D eigenvalue weighted by Gasteiger charge is -2.52. The van der Waals surface area contributed by atoms with Crippen LogP contribution in [0.25, 0.3) is 0 Å². The number of hydrogen-bond donors (Lipinski definition) is 2. The minimum atomic E-state index is -0.721. The van der Waals surface area contributed by atoms with E-state index in [1.807, 2.05) is 38.1 Å². The Morgan fingerprint density at radius 1 is 1.09 bits per heavy atom. The fourth-order valence-corrected chi connectivity index (χ4v) is 4.78. The predicted molar refractivity (Wildman–Crippen MR) is 136 cm³/mol. The number of methoxy groups -OCH3 is 1. The summed E-state index contributed by atoms with van der Waals surface area (Å²) in [5.41, 5.74) is 7.42. The number of amides is 2. The van der Waals surface area contributed by atoms with Crippen LogP contribution >= 0.6 is 11.6 Å². The molecule has 0 aromatic heterocycles. The maximum absolute atomic E-state index is 13.6. The Bertz CT molecular complexity index is 1100. The lowest BCUT2D eigenvalue weighted by Crippen LogP contribution is -2.63. The molecule has 0 aliphatic carbocycles. The van der Waals surface area contributed by atoms with Crippen molar-refractivity contribution in [2.75, 3.05) is 20.2 Å². The number of carbonyl (C=O) groups is 3. The number of piperidine rings is 1. The van der Waals surface area contributed by atoms with Crippen molar-refractivity contribution in [1.82, 2.24) is 10.2 Å². The van der Waals surface area contributed by atoms with Gasteiger partial charge in [-0.2, -0.15) is 0 Å². The summed E-state index contributed by atoms with van der Waals surface area (Å²) >= 11 is 6.06. The molecule has 35 heavy (non-hydrogen) atoms. The van der Waals surface area contributed by atoms with Gasteiger partial charge in [0.2, 0.25) is 5.91 Å². The van der Waals surface area contributed by atoms with E-state index in [9.17, 15) is 14.4 Å². The third-order valence-corrected chi connectivity index (χ3v) is 7.26. The van der Waals surface area contributed by atoms with Gasteiger partial charge >= 0.3 is 5.97 Å². The van der Waals surface area contributed by atoms with Gasteiger partial charge in [0.1, 0.15) is 6.04 Å². The van der Waals surface area contributed by atoms with Crippen LogP contribution < -0.4 is 11.1 Å². The van der Waals surface area contributed by atoms with E-state index in [0.29, 0.717) is 24.5 Å². The van der Waals surface area contributed by atoms with Crippen LogP contribution in [0.1, 0.15) is 60.4 Å². The molecule has 2 aromatic rings. The normalized spacial score (nSPS) is 20.3. The Balaban J connectivity index is 1.77. The van der Waals surface area contributed by atoms with Crippen molar-refractivity contribution in [3.63, 3.8) is 0 Å². The van der Waals surface area contributed by atoms with E-state index in [4.69, 9.17) is 22.1 Å². The molecule has 0 bridgehead atoms. The van der Waals surface area contributed by atoms with E-state index in [0.717, 1.165) is 5.56 Å². The zero-order chi connectivity index (χ0) is 26.0. The zero-order valence-electron chi connectivity index (χ0n) is 20.9. The minimum Gasteiger partial charge on any atom is -0.465 e. The van der Waals surface area contributed by atoms with E-state index in [1.54, 1.807) is 23.1 Å². The molecule has 2 atom stereocenters. The number of ether oxygens (including phenoxy) is 1. The average molecular weight is 500 g/mol. The smallest absolute Gasteiger partial charge is 0.337 e. The first-order chi connectivity index (χ1) is 16.4. The van der Waals surface area contributed by atoms with Crippen molar-refractivity contribution in [3.05, 3.63) is 70.2 Å². The molecular formula is C27H34ClN3O4. The Morgan fingerprint density at radius 2 is 1.71 bits per heavy atom. The molecule has 1 fully saturated rings. The van der Waals surface area contributed by atoms with E-state index in [-0.39, 0.29) is 23.0 Å². The summed E-state index contributed by atoms with van der Waals surface area (Å²) in [5, 5.41) is 3.52. The summed E-state index contributed by atoms with van der Waals surface area (Å²) in [6.45, 7) is 8.82. The second-order valence-corrected chi connectivity index (χ2v) is 10.6. The molecule has 2 amide bonds. The molecule has 2 aromatic carbocycles. The summed E-state index contributed by atoms with van der Waals surface area (Å²) in [7, 11) is 1.28. The first kappa shape index (κ1) is 26.7. The van der Waals surface area contributed by atoms with Crippen molar-refractivity contribution >= 4 is 29.4 Å². The zero-order valence-corrected chi connectivity index (χ0v) is 21.7. The molecule has 2 unspecified atom stereocenters. The van der Waals surface area contributed by atoms with E-state index in [1.165, 1.54) is 13.2 Å². The summed E-state index contributed by atoms with van der Waals surface area (Å²) in [6, 6.07) is 13.1. The largest absolute Gasteiger partial charge is 0.465 e. The van der Waals surface area contributed by atoms with Gasteiger partial charge in [-0.25, -0.2) is 4.79 Å². The van der Waals surface area contributed by atoms with Crippen LogP contribution in [0.4, 0.5) is 0 Å². The summed E-state index contributed by atoms with van der Waals surface area (Å²) in [6.07, 6.45) is 0.577. The molecule has 1 aliphatic rings. The average Bonchev–Trinajstić information content (AvgIpc) is 2.83. The molecule has 1 saturated heterocycles. The number of halogens is 1. The van der Waals surface area contributed by atoms with Gasteiger partial charge in [0.15, 0.2) is 0 Å². The van der Waals surface area contributed by atoms with Crippen LogP contribution in [0.15, 0.2) is 48.5 Å². The van der Waals surface area contributed by atoms with E-state index < -0.39 is 28.9 Å². The number of carbonyl (C=O) groups excluding carboxylic acids is 3. The highest BCUT2D eigenvalue weighted by Gasteiger charge is 2.49. The highest BCUT2D eigenvalue weighted by atomic mass is 35.5. The van der Waals surface area contributed by atoms with Crippen LogP contribution in [0.3, 0.4) is 0 Å². The first-order valence-corrected chi connectivity index (χ1v) is 12.1. The Hall–Kier alpha value is -2.90. The number of nitrogens with zero attached hydrogens (tertiary/aromatic N) is 1. The van der Waals surface area contributed by atoms with Gasteiger partial charge in [-0.1, -0.05) is 57.5 Å². The number of rotatable bonds is 6. The molecule has 1 heterocycles. The van der Waals surface area contributed by atoms with Crippen molar-refractivity contribution in [3.8, 4) is 0 Å². The maximum atomic E-state index is 13.6. The molecule has 3 N–H and O–H groups in total. The van der Waals surface area contributed by atoms with Crippen molar-refractivity contribution < 1.29 is 19.1 Å². The topological polar surface area (TPSA) is 102 Å². The number of likely N-dealkylation sites (tertiary alicyclic amines) is 1. The molecule has 7 nitrogen and oxygen atoms in total. The number of nitrogens with two attached hydrogens (primary N) is 1. The Morgan fingerprint density at radius 3 is 2.29 bits per heavy atom. The van der Waals surface area contributed by atoms with Gasteiger partial charge in [-0.05, 0) is 48.2 Å². The lowest BCUT2D eigenvalue weighted by atomic mass is 9.64. The van der Waals surface area contributed by atoms with Gasteiger partial charge in [-0.3, -0.25) is 9.59 Å². The van der Waals surface area contributed by atoms with Gasteiger partial charge in [0.25, 0.3) is 5.91 Å². The SMILES string of the molecule is COC(=O)c1cccc(C(=O)NC(C(=O)N2CCC(N)(c3ccc(Cl)cc3)C(C)(C)C2)C(C)C)c1. The Labute approximate surface area is 212 Å². The third kappa shape index (κ3) is 5.52. The lowest BCUT2D eigenvalue weighted by molar-refractivity contribution is -0.139. The van der Waals surface area contributed by atoms with Gasteiger partial charge in [0.05, 0.1) is 12.7 Å². The second-order valence-electron chi connectivity index (χ2n) is 10.1. The van der Waals surface area contributed by atoms with Crippen molar-refractivity contribution in [2.24, 2.45) is 17.1 Å². The number of nitrogens with one attached hydrogen (secondary N) is 1. The molecule has 188 valence electrons. The van der Waals surface area contributed by atoms with Crippen LogP contribution in [0.5, 0.6) is 0 Å². The fraction of sp³-hybridized carbons (Fsp3) is 0.444. The molecule has 0 saturated carbocycles. The minimum absolute atomic E-state index is 0.140. The standard InChI is InChI=1S/C27H34ClN3O4/c1-17(2)22(30-23(32)18-7-6-8-19(15-18)25(34)35-5)24(33)31-14-13-27(29,26(3,4)16-31)20-9-11-21(28)12-10-20/h6-12,15,17,22H,13-14,16,29H2,1-5H3,(H,30,32). The maximum Gasteiger partial charge on any atom is 0.337 e. The highest BCUT2D eigenvalue weighted by Crippen LogP contribution is 2.44. The number of esters is 1. The third-order valence-electron chi connectivity index (χ3n) is 7.01. The van der Waals surface area contributed by atoms with Crippen LogP contribution in [0, 0.1) is 11.3 Å². The summed E-state index contributed by atoms with van der Waals surface area (Å²) in [4.78, 5) is 40.2. The van der Waals surface area contributed by atoms with Crippen molar-refractivity contribution in [1.29, 1.82) is 0 Å². The van der Waals surface area contributed by atoms with Gasteiger partial charge in [0, 0.05) is 34.6 Å². The monoisotopic (exact) mass is 499 g/mol.